The van der Waals surface area contributed by atoms with Gasteiger partial charge >= 0.3 is 0 Å². The maximum atomic E-state index is 14.6. The minimum Gasteiger partial charge on any atom is -0.337 e. The predicted molar refractivity (Wildman–Crippen MR) is 151 cm³/mol. The Morgan fingerprint density at radius 2 is 1.64 bits per heavy atom. The quantitative estimate of drug-likeness (QED) is 0.345. The molecule has 0 aromatic carbocycles. The van der Waals surface area contributed by atoms with Gasteiger partial charge in [0.05, 0.1) is 6.57 Å². The van der Waals surface area contributed by atoms with Gasteiger partial charge in [-0.3, -0.25) is 9.59 Å². The van der Waals surface area contributed by atoms with Crippen molar-refractivity contribution in [3.63, 3.8) is 0 Å². The molecule has 7 atom stereocenters. The minimum atomic E-state index is -0.641. The zero-order valence-electron chi connectivity index (χ0n) is 25.1. The minimum absolute atomic E-state index is 0.0578. The number of Topliss-reactive ketones (excluding diaryl/α,β-unsaturated/α-hetero) is 1. The molecule has 0 unspecified atom stereocenters. The number of carbonyl (C=O) groups is 3. The van der Waals surface area contributed by atoms with E-state index in [2.05, 4.69) is 44.4 Å². The zero-order valence-corrected chi connectivity index (χ0v) is 25.1. The lowest BCUT2D eigenvalue weighted by Gasteiger charge is -2.70. The number of rotatable bonds is 1. The van der Waals surface area contributed by atoms with Crippen LogP contribution in [0.3, 0.4) is 0 Å². The molecule has 4 fully saturated rings. The van der Waals surface area contributed by atoms with Crippen molar-refractivity contribution in [2.45, 2.75) is 112 Å². The first kappa shape index (κ1) is 27.0. The van der Waals surface area contributed by atoms with E-state index in [1.807, 2.05) is 26.0 Å². The van der Waals surface area contributed by atoms with Gasteiger partial charge in [-0.25, -0.2) is 4.85 Å². The summed E-state index contributed by atoms with van der Waals surface area (Å²) >= 11 is 0. The van der Waals surface area contributed by atoms with Crippen molar-refractivity contribution >= 4 is 17.5 Å². The van der Waals surface area contributed by atoms with E-state index >= 15 is 0 Å². The van der Waals surface area contributed by atoms with E-state index in [9.17, 15) is 14.4 Å². The van der Waals surface area contributed by atoms with Crippen LogP contribution < -0.4 is 0 Å². The molecule has 0 bridgehead atoms. The van der Waals surface area contributed by atoms with E-state index in [1.54, 1.807) is 0 Å². The van der Waals surface area contributed by atoms with Crippen LogP contribution in [-0.2, 0) is 14.4 Å². The van der Waals surface area contributed by atoms with Gasteiger partial charge < -0.3 is 9.69 Å². The van der Waals surface area contributed by atoms with E-state index in [4.69, 9.17) is 6.57 Å². The molecule has 0 radical (unpaired) electrons. The molecule has 0 spiro atoms. The maximum Gasteiger partial charge on any atom is 0.226 e. The topological polar surface area (TPSA) is 58.8 Å². The molecular weight excluding hydrogens is 484 g/mol. The summed E-state index contributed by atoms with van der Waals surface area (Å²) in [5.74, 6) is 0.557. The summed E-state index contributed by atoms with van der Waals surface area (Å²) < 4.78 is 0. The van der Waals surface area contributed by atoms with E-state index in [-0.39, 0.29) is 62.7 Å². The summed E-state index contributed by atoms with van der Waals surface area (Å²) in [5, 5.41) is 0. The summed E-state index contributed by atoms with van der Waals surface area (Å²) in [4.78, 5) is 47.0. The van der Waals surface area contributed by atoms with Crippen LogP contribution in [0.1, 0.15) is 106 Å². The van der Waals surface area contributed by atoms with Gasteiger partial charge in [-0.05, 0) is 85.5 Å². The first-order valence-electron chi connectivity index (χ1n) is 15.3. The summed E-state index contributed by atoms with van der Waals surface area (Å²) in [5.41, 5.74) is -0.266. The molecule has 6 aliphatic rings. The molecule has 39 heavy (non-hydrogen) atoms. The molecule has 1 heterocycles. The highest BCUT2D eigenvalue weighted by molar-refractivity contribution is 6.03. The Hall–Kier alpha value is -2.22. The van der Waals surface area contributed by atoms with Crippen LogP contribution in [0.25, 0.3) is 4.85 Å². The van der Waals surface area contributed by atoms with Gasteiger partial charge in [0.1, 0.15) is 0 Å². The van der Waals surface area contributed by atoms with Crippen LogP contribution in [0.2, 0.25) is 0 Å². The molecule has 6 rings (SSSR count). The van der Waals surface area contributed by atoms with Crippen LogP contribution >= 0.6 is 0 Å². The monoisotopic (exact) mass is 530 g/mol. The molecule has 0 aromatic heterocycles. The molecule has 210 valence electrons. The van der Waals surface area contributed by atoms with Crippen molar-refractivity contribution < 1.29 is 14.4 Å². The van der Waals surface area contributed by atoms with Crippen LogP contribution in [-0.4, -0.2) is 34.5 Å². The third-order valence-corrected chi connectivity index (χ3v) is 13.4. The lowest BCUT2D eigenvalue weighted by molar-refractivity contribution is -0.181. The van der Waals surface area contributed by atoms with Gasteiger partial charge in [0.2, 0.25) is 11.6 Å². The largest absolute Gasteiger partial charge is 0.337 e. The van der Waals surface area contributed by atoms with Gasteiger partial charge in [-0.2, -0.15) is 0 Å². The smallest absolute Gasteiger partial charge is 0.226 e. The number of allylic oxidation sites excluding steroid dienone is 4. The Morgan fingerprint density at radius 3 is 2.28 bits per heavy atom. The number of ketones is 2. The second-order valence-electron chi connectivity index (χ2n) is 16.0. The van der Waals surface area contributed by atoms with Crippen molar-refractivity contribution in [3.8, 4) is 0 Å². The number of hydrogen-bond donors (Lipinski definition) is 0. The third-order valence-electron chi connectivity index (χ3n) is 13.4. The molecule has 3 saturated carbocycles. The second-order valence-corrected chi connectivity index (χ2v) is 16.0. The van der Waals surface area contributed by atoms with Crippen LogP contribution in [0.4, 0.5) is 0 Å². The molecule has 5 aliphatic carbocycles. The normalized spacial score (nSPS) is 46.3. The van der Waals surface area contributed by atoms with Gasteiger partial charge in [0, 0.05) is 35.3 Å². The number of amides is 1. The van der Waals surface area contributed by atoms with Gasteiger partial charge in [-0.1, -0.05) is 60.1 Å². The molecule has 1 saturated heterocycles. The lowest BCUT2D eigenvalue weighted by Crippen LogP contribution is -2.69. The lowest BCUT2D eigenvalue weighted by atomic mass is 9.35. The van der Waals surface area contributed by atoms with Crippen molar-refractivity contribution in [1.82, 2.24) is 4.90 Å². The van der Waals surface area contributed by atoms with Crippen molar-refractivity contribution in [2.75, 3.05) is 6.54 Å². The Morgan fingerprint density at radius 1 is 0.949 bits per heavy atom. The Kier molecular flexibility index (Phi) is 5.50. The summed E-state index contributed by atoms with van der Waals surface area (Å²) in [6, 6.07) is 0. The van der Waals surface area contributed by atoms with Crippen LogP contribution in [0.5, 0.6) is 0 Å². The molecule has 0 aromatic rings. The Balaban J connectivity index is 1.52. The van der Waals surface area contributed by atoms with Gasteiger partial charge in [0.15, 0.2) is 11.6 Å². The summed E-state index contributed by atoms with van der Waals surface area (Å²) in [6.07, 6.45) is 12.3. The number of hydrogen-bond acceptors (Lipinski definition) is 3. The highest BCUT2D eigenvalue weighted by Gasteiger charge is 2.70. The fourth-order valence-electron chi connectivity index (χ4n) is 11.2. The average Bonchev–Trinajstić information content (AvgIpc) is 3.29. The molecule has 5 nitrogen and oxygen atoms in total. The average molecular weight is 531 g/mol. The second kappa shape index (κ2) is 7.95. The predicted octanol–water partition coefficient (Wildman–Crippen LogP) is 6.93. The van der Waals surface area contributed by atoms with E-state index in [0.29, 0.717) is 6.42 Å². The summed E-state index contributed by atoms with van der Waals surface area (Å²) in [6.45, 7) is 24.3. The molecule has 1 aliphatic heterocycles. The van der Waals surface area contributed by atoms with Crippen molar-refractivity contribution in [3.05, 3.63) is 34.8 Å². The molecule has 0 N–H and O–H groups in total. The third kappa shape index (κ3) is 3.21. The summed E-state index contributed by atoms with van der Waals surface area (Å²) in [7, 11) is 0. The number of fused-ring (bicyclic) bond motifs is 7. The first-order valence-corrected chi connectivity index (χ1v) is 15.3. The van der Waals surface area contributed by atoms with E-state index in [0.717, 1.165) is 63.5 Å². The number of carbonyl (C=O) groups excluding carboxylic acids is 3. The maximum absolute atomic E-state index is 14.6. The zero-order chi connectivity index (χ0) is 28.4. The standard InChI is InChI=1S/C34H46N2O3/c1-29(2)13-15-34(36-17-9-10-26(36)38)16-14-33(7)27(21(34)19-29)23(37)18-25-31(5)20-22(35-8)28(39)30(3,4)24(31)11-12-32(25,33)6/h18,20-21,24,27H,9-17,19H2,1-7H3/t21-,24-,27-,31-,32+,33+,34-/m0/s1. The molecule has 1 amide bonds. The highest BCUT2D eigenvalue weighted by Crippen LogP contribution is 2.74. The van der Waals surface area contributed by atoms with Crippen LogP contribution in [0, 0.1) is 51.4 Å². The fourth-order valence-corrected chi connectivity index (χ4v) is 11.2. The number of nitrogens with zero attached hydrogens (tertiary/aromatic N) is 2. The van der Waals surface area contributed by atoms with Crippen molar-refractivity contribution in [2.24, 2.45) is 44.8 Å². The van der Waals surface area contributed by atoms with Crippen LogP contribution in [0.15, 0.2) is 23.4 Å². The van der Waals surface area contributed by atoms with Gasteiger partial charge in [0.25, 0.3) is 0 Å². The fraction of sp³-hybridized carbons (Fsp3) is 0.765. The SMILES string of the molecule is [C-]#[N+]C1=C[C@]2(C)C3=CC(=O)[C@@H]4[C@@H]5CC(C)(C)CC[C@]5(N5CCCC5=O)CC[C@@]4(C)[C@]3(C)CC[C@H]2C(C)(C)C1=O. The Bertz CT molecular complexity index is 1280. The van der Waals surface area contributed by atoms with E-state index in [1.165, 1.54) is 0 Å². The molecule has 5 heteroatoms. The van der Waals surface area contributed by atoms with Crippen molar-refractivity contribution in [1.29, 1.82) is 0 Å². The van der Waals surface area contributed by atoms with Gasteiger partial charge in [-0.15, -0.1) is 0 Å². The first-order chi connectivity index (χ1) is 18.1. The Labute approximate surface area is 234 Å². The van der Waals surface area contributed by atoms with E-state index < -0.39 is 10.8 Å². The highest BCUT2D eigenvalue weighted by atomic mass is 16.2. The number of likely N-dealkylation sites (tertiary alicyclic amines) is 1. The molecular formula is C34H46N2O3.